The Kier molecular flexibility index (Phi) is 6.90. The molecular formula is C24H27FN6O3. The maximum absolute atomic E-state index is 13.4. The van der Waals surface area contributed by atoms with E-state index in [1.807, 2.05) is 0 Å². The average molecular weight is 467 g/mol. The third kappa shape index (κ3) is 4.92. The molecule has 0 bridgehead atoms. The molecule has 1 fully saturated rings. The predicted molar refractivity (Wildman–Crippen MR) is 128 cm³/mol. The number of carbonyl (C=O) groups is 1. The lowest BCUT2D eigenvalue weighted by Gasteiger charge is -2.34. The summed E-state index contributed by atoms with van der Waals surface area (Å²) in [4.78, 5) is 36.5. The smallest absolute Gasteiger partial charge is 0.276 e. The number of halogens is 1. The van der Waals surface area contributed by atoms with Gasteiger partial charge in [0.2, 0.25) is 0 Å². The highest BCUT2D eigenvalue weighted by Crippen LogP contribution is 2.20. The topological polar surface area (TPSA) is 131 Å². The first kappa shape index (κ1) is 23.4. The van der Waals surface area contributed by atoms with E-state index in [-0.39, 0.29) is 28.5 Å². The van der Waals surface area contributed by atoms with Crippen LogP contribution in [0, 0.1) is 5.82 Å². The molecule has 1 saturated heterocycles. The number of methoxy groups -OCH3 is 1. The van der Waals surface area contributed by atoms with Gasteiger partial charge in [0.05, 0.1) is 29.0 Å². The maximum Gasteiger partial charge on any atom is 0.276 e. The Morgan fingerprint density at radius 1 is 1.09 bits per heavy atom. The highest BCUT2D eigenvalue weighted by atomic mass is 19.1. The molecule has 34 heavy (non-hydrogen) atoms. The second-order valence-electron chi connectivity index (χ2n) is 8.11. The number of nitrogens with one attached hydrogen (secondary N) is 1. The van der Waals surface area contributed by atoms with Gasteiger partial charge in [-0.1, -0.05) is 12.1 Å². The summed E-state index contributed by atoms with van der Waals surface area (Å²) >= 11 is 0. The molecule has 2 heterocycles. The van der Waals surface area contributed by atoms with Crippen molar-refractivity contribution in [1.29, 1.82) is 0 Å². The molecule has 0 saturated carbocycles. The fourth-order valence-corrected chi connectivity index (χ4v) is 3.92. The number of amides is 1. The van der Waals surface area contributed by atoms with Gasteiger partial charge in [-0.05, 0) is 30.3 Å². The van der Waals surface area contributed by atoms with Gasteiger partial charge < -0.3 is 26.1 Å². The van der Waals surface area contributed by atoms with E-state index < -0.39 is 11.4 Å². The zero-order valence-electron chi connectivity index (χ0n) is 18.9. The molecule has 9 nitrogen and oxygen atoms in total. The number of H-pyrrole nitrogens is 1. The minimum absolute atomic E-state index is 0.0242. The third-order valence-electron chi connectivity index (χ3n) is 5.89. The maximum atomic E-state index is 13.4. The first-order valence-electron chi connectivity index (χ1n) is 10.9. The number of benzene rings is 2. The van der Waals surface area contributed by atoms with Gasteiger partial charge in [-0.3, -0.25) is 14.5 Å². The Morgan fingerprint density at radius 3 is 2.56 bits per heavy atom. The number of hydrogen-bond donors (Lipinski definition) is 3. The summed E-state index contributed by atoms with van der Waals surface area (Å²) in [5, 5.41) is 0. The molecule has 178 valence electrons. The van der Waals surface area contributed by atoms with Crippen molar-refractivity contribution in [2.45, 2.75) is 0 Å². The van der Waals surface area contributed by atoms with Gasteiger partial charge in [0, 0.05) is 51.0 Å². The quantitative estimate of drug-likeness (QED) is 0.498. The molecular weight excluding hydrogens is 439 g/mol. The van der Waals surface area contributed by atoms with E-state index in [0.717, 1.165) is 19.6 Å². The van der Waals surface area contributed by atoms with Crippen molar-refractivity contribution in [1.82, 2.24) is 19.8 Å². The Hall–Kier alpha value is -3.76. The molecule has 0 aliphatic carbocycles. The van der Waals surface area contributed by atoms with Gasteiger partial charge in [-0.25, -0.2) is 9.37 Å². The highest BCUT2D eigenvalue weighted by Gasteiger charge is 2.22. The molecule has 1 aliphatic heterocycles. The Labute approximate surface area is 195 Å². The normalized spacial score (nSPS) is 15.4. The van der Waals surface area contributed by atoms with Gasteiger partial charge in [0.15, 0.2) is 5.69 Å². The lowest BCUT2D eigenvalue weighted by molar-refractivity contribution is 0.0594. The first-order valence-corrected chi connectivity index (χ1v) is 10.9. The van der Waals surface area contributed by atoms with Crippen molar-refractivity contribution in [2.75, 3.05) is 46.4 Å². The number of aromatic nitrogens is 2. The highest BCUT2D eigenvalue weighted by molar-refractivity contribution is 5.96. The Morgan fingerprint density at radius 2 is 1.82 bits per heavy atom. The van der Waals surface area contributed by atoms with Crippen LogP contribution in [-0.4, -0.2) is 72.1 Å². The molecule has 0 unspecified atom stereocenters. The van der Waals surface area contributed by atoms with Gasteiger partial charge in [0.25, 0.3) is 11.5 Å². The van der Waals surface area contributed by atoms with Crippen LogP contribution in [0.25, 0.3) is 22.4 Å². The molecule has 2 aromatic carbocycles. The number of ether oxygens (including phenoxy) is 1. The third-order valence-corrected chi connectivity index (χ3v) is 5.89. The fraction of sp³-hybridized carbons (Fsp3) is 0.292. The SMILES string of the molecule is COCCN1CCN(C(=O)c2cccc(/C(N)=C(\N)c3nc4ccc(F)cc4[nH]c3=O)c2)CC1. The molecule has 10 heteroatoms. The van der Waals surface area contributed by atoms with E-state index in [2.05, 4.69) is 14.9 Å². The summed E-state index contributed by atoms with van der Waals surface area (Å²) in [6.45, 7) is 4.31. The van der Waals surface area contributed by atoms with E-state index in [9.17, 15) is 14.0 Å². The number of fused-ring (bicyclic) bond motifs is 1. The van der Waals surface area contributed by atoms with Crippen LogP contribution in [0.15, 0.2) is 47.3 Å². The zero-order chi connectivity index (χ0) is 24.2. The van der Waals surface area contributed by atoms with Gasteiger partial charge in [-0.2, -0.15) is 0 Å². The van der Waals surface area contributed by atoms with Crippen LogP contribution in [-0.2, 0) is 4.74 Å². The van der Waals surface area contributed by atoms with Crippen LogP contribution < -0.4 is 17.0 Å². The lowest BCUT2D eigenvalue weighted by atomic mass is 10.0. The van der Waals surface area contributed by atoms with Crippen molar-refractivity contribution >= 4 is 28.3 Å². The minimum Gasteiger partial charge on any atom is -0.397 e. The number of rotatable bonds is 6. The molecule has 1 amide bonds. The number of nitrogens with two attached hydrogens (primary N) is 2. The monoisotopic (exact) mass is 466 g/mol. The Balaban J connectivity index is 1.57. The van der Waals surface area contributed by atoms with E-state index in [1.165, 1.54) is 18.2 Å². The lowest BCUT2D eigenvalue weighted by Crippen LogP contribution is -2.49. The van der Waals surface area contributed by atoms with Crippen LogP contribution >= 0.6 is 0 Å². The summed E-state index contributed by atoms with van der Waals surface area (Å²) < 4.78 is 18.6. The molecule has 1 aromatic heterocycles. The molecule has 0 spiro atoms. The van der Waals surface area contributed by atoms with E-state index in [1.54, 1.807) is 36.3 Å². The fourth-order valence-electron chi connectivity index (χ4n) is 3.92. The van der Waals surface area contributed by atoms with Crippen molar-refractivity contribution in [3.05, 3.63) is 75.5 Å². The molecule has 5 N–H and O–H groups in total. The number of piperazine rings is 1. The summed E-state index contributed by atoms with van der Waals surface area (Å²) in [6.07, 6.45) is 0. The van der Waals surface area contributed by atoms with E-state index in [0.29, 0.717) is 36.3 Å². The molecule has 4 rings (SSSR count). The summed E-state index contributed by atoms with van der Waals surface area (Å²) in [5.41, 5.74) is 13.5. The zero-order valence-corrected chi connectivity index (χ0v) is 18.9. The van der Waals surface area contributed by atoms with Crippen LogP contribution in [0.3, 0.4) is 0 Å². The average Bonchev–Trinajstić information content (AvgIpc) is 2.86. The van der Waals surface area contributed by atoms with Gasteiger partial charge in [0.1, 0.15) is 5.82 Å². The van der Waals surface area contributed by atoms with Crippen LogP contribution in [0.2, 0.25) is 0 Å². The van der Waals surface area contributed by atoms with E-state index >= 15 is 0 Å². The first-order chi connectivity index (χ1) is 16.4. The standard InChI is InChI=1S/C24H27FN6O3/c1-34-12-11-30-7-9-31(10-8-30)24(33)16-4-2-3-15(13-16)20(26)21(27)22-23(32)29-19-14-17(25)5-6-18(19)28-22/h2-6,13-14H,7-12,26-27H2,1H3,(H,29,32)/b21-20+. The largest absolute Gasteiger partial charge is 0.397 e. The number of aromatic amines is 1. The number of hydrogen-bond acceptors (Lipinski definition) is 7. The van der Waals surface area contributed by atoms with Crippen molar-refractivity contribution in [3.63, 3.8) is 0 Å². The van der Waals surface area contributed by atoms with Crippen LogP contribution in [0.1, 0.15) is 21.6 Å². The summed E-state index contributed by atoms with van der Waals surface area (Å²) in [7, 11) is 1.67. The molecule has 3 aromatic rings. The van der Waals surface area contributed by atoms with Crippen molar-refractivity contribution in [3.8, 4) is 0 Å². The second kappa shape index (κ2) is 10.0. The van der Waals surface area contributed by atoms with E-state index in [4.69, 9.17) is 16.2 Å². The van der Waals surface area contributed by atoms with Crippen molar-refractivity contribution in [2.24, 2.45) is 11.5 Å². The predicted octanol–water partition coefficient (Wildman–Crippen LogP) is 1.21. The summed E-state index contributed by atoms with van der Waals surface area (Å²) in [5.74, 6) is -0.582. The number of nitrogens with zero attached hydrogens (tertiary/aromatic N) is 3. The molecule has 0 atom stereocenters. The Bertz CT molecular complexity index is 1300. The van der Waals surface area contributed by atoms with Gasteiger partial charge in [-0.15, -0.1) is 0 Å². The van der Waals surface area contributed by atoms with Crippen molar-refractivity contribution < 1.29 is 13.9 Å². The van der Waals surface area contributed by atoms with Crippen LogP contribution in [0.5, 0.6) is 0 Å². The van der Waals surface area contributed by atoms with Gasteiger partial charge >= 0.3 is 0 Å². The molecule has 0 radical (unpaired) electrons. The minimum atomic E-state index is -0.586. The summed E-state index contributed by atoms with van der Waals surface area (Å²) in [6, 6.07) is 10.7. The second-order valence-corrected chi connectivity index (χ2v) is 8.11. The molecule has 1 aliphatic rings. The van der Waals surface area contributed by atoms with Crippen LogP contribution in [0.4, 0.5) is 4.39 Å². The number of carbonyl (C=O) groups excluding carboxylic acids is 1.